The minimum absolute atomic E-state index is 0.0606. The van der Waals surface area contributed by atoms with E-state index < -0.39 is 4.92 Å². The standard InChI is InChI=1S/C15H10ClIN2O3/c16-11-7-5-10(9-14(11)19(21)22)6-8-15(20)18-13-4-2-1-3-12(13)17/h1-9H,(H,18,20)/b8-6+. The van der Waals surface area contributed by atoms with E-state index in [4.69, 9.17) is 11.6 Å². The molecule has 0 heterocycles. The average molecular weight is 429 g/mol. The van der Waals surface area contributed by atoms with Gasteiger partial charge < -0.3 is 5.32 Å². The van der Waals surface area contributed by atoms with Crippen LogP contribution < -0.4 is 5.32 Å². The maximum Gasteiger partial charge on any atom is 0.288 e. The van der Waals surface area contributed by atoms with E-state index in [-0.39, 0.29) is 16.6 Å². The molecule has 2 aromatic carbocycles. The smallest absolute Gasteiger partial charge is 0.288 e. The summed E-state index contributed by atoms with van der Waals surface area (Å²) in [6.07, 6.45) is 2.81. The fourth-order valence-electron chi connectivity index (χ4n) is 1.68. The molecule has 0 aliphatic rings. The van der Waals surface area contributed by atoms with Crippen LogP contribution in [-0.4, -0.2) is 10.8 Å². The molecule has 0 fully saturated rings. The Morgan fingerprint density at radius 2 is 2.00 bits per heavy atom. The van der Waals surface area contributed by atoms with Crippen LogP contribution in [0.4, 0.5) is 11.4 Å². The highest BCUT2D eigenvalue weighted by atomic mass is 127. The van der Waals surface area contributed by atoms with E-state index in [1.54, 1.807) is 12.1 Å². The van der Waals surface area contributed by atoms with Crippen molar-refractivity contribution in [3.8, 4) is 0 Å². The monoisotopic (exact) mass is 428 g/mol. The van der Waals surface area contributed by atoms with Crippen molar-refractivity contribution in [2.45, 2.75) is 0 Å². The van der Waals surface area contributed by atoms with Crippen LogP contribution in [-0.2, 0) is 4.79 Å². The van der Waals surface area contributed by atoms with Gasteiger partial charge in [0, 0.05) is 15.7 Å². The summed E-state index contributed by atoms with van der Waals surface area (Å²) in [5.74, 6) is -0.318. The fourth-order valence-corrected chi connectivity index (χ4v) is 2.39. The number of nitro benzene ring substituents is 1. The molecular weight excluding hydrogens is 419 g/mol. The summed E-state index contributed by atoms with van der Waals surface area (Å²) in [6.45, 7) is 0. The Morgan fingerprint density at radius 1 is 1.27 bits per heavy atom. The second-order valence-corrected chi connectivity index (χ2v) is 5.84. The van der Waals surface area contributed by atoms with Gasteiger partial charge in [0.15, 0.2) is 0 Å². The van der Waals surface area contributed by atoms with Gasteiger partial charge in [0.05, 0.1) is 10.6 Å². The highest BCUT2D eigenvalue weighted by Crippen LogP contribution is 2.25. The Hall–Kier alpha value is -1.93. The topological polar surface area (TPSA) is 72.2 Å². The van der Waals surface area contributed by atoms with Gasteiger partial charge in [-0.2, -0.15) is 0 Å². The van der Waals surface area contributed by atoms with Gasteiger partial charge in [0.2, 0.25) is 5.91 Å². The van der Waals surface area contributed by atoms with Crippen molar-refractivity contribution in [2.24, 2.45) is 0 Å². The second-order valence-electron chi connectivity index (χ2n) is 4.27. The van der Waals surface area contributed by atoms with Gasteiger partial charge in [0.1, 0.15) is 5.02 Å². The Bertz CT molecular complexity index is 762. The summed E-state index contributed by atoms with van der Waals surface area (Å²) in [5, 5.41) is 13.6. The van der Waals surface area contributed by atoms with Crippen molar-refractivity contribution in [1.29, 1.82) is 0 Å². The van der Waals surface area contributed by atoms with E-state index in [0.717, 1.165) is 3.57 Å². The van der Waals surface area contributed by atoms with Crippen LogP contribution in [0, 0.1) is 13.7 Å². The summed E-state index contributed by atoms with van der Waals surface area (Å²) in [6, 6.07) is 11.7. The van der Waals surface area contributed by atoms with Gasteiger partial charge in [-0.05, 0) is 52.4 Å². The number of nitrogens with zero attached hydrogens (tertiary/aromatic N) is 1. The van der Waals surface area contributed by atoms with Crippen molar-refractivity contribution in [1.82, 2.24) is 0 Å². The van der Waals surface area contributed by atoms with Gasteiger partial charge >= 0.3 is 0 Å². The minimum Gasteiger partial charge on any atom is -0.322 e. The maximum atomic E-state index is 11.9. The zero-order valence-electron chi connectivity index (χ0n) is 11.1. The maximum absolute atomic E-state index is 11.9. The first-order valence-electron chi connectivity index (χ1n) is 6.15. The van der Waals surface area contributed by atoms with Crippen molar-refractivity contribution < 1.29 is 9.72 Å². The lowest BCUT2D eigenvalue weighted by Crippen LogP contribution is -2.08. The molecule has 1 N–H and O–H groups in total. The molecule has 0 aliphatic carbocycles. The van der Waals surface area contributed by atoms with Crippen LogP contribution >= 0.6 is 34.2 Å². The number of carbonyl (C=O) groups is 1. The molecule has 5 nitrogen and oxygen atoms in total. The van der Waals surface area contributed by atoms with Crippen molar-refractivity contribution in [3.63, 3.8) is 0 Å². The van der Waals surface area contributed by atoms with Gasteiger partial charge in [0.25, 0.3) is 5.69 Å². The van der Waals surface area contributed by atoms with E-state index >= 15 is 0 Å². The number of nitro groups is 1. The molecule has 0 saturated carbocycles. The molecule has 0 aliphatic heterocycles. The zero-order valence-corrected chi connectivity index (χ0v) is 14.0. The molecule has 2 aromatic rings. The van der Waals surface area contributed by atoms with Gasteiger partial charge in [-0.3, -0.25) is 14.9 Å². The van der Waals surface area contributed by atoms with Crippen LogP contribution in [0.5, 0.6) is 0 Å². The molecule has 112 valence electrons. The lowest BCUT2D eigenvalue weighted by Gasteiger charge is -2.04. The minimum atomic E-state index is -0.563. The predicted octanol–water partition coefficient (Wildman–Crippen LogP) is 4.50. The lowest BCUT2D eigenvalue weighted by atomic mass is 10.2. The molecule has 0 aromatic heterocycles. The molecule has 0 bridgehead atoms. The van der Waals surface area contributed by atoms with Crippen LogP contribution in [0.3, 0.4) is 0 Å². The van der Waals surface area contributed by atoms with E-state index in [0.29, 0.717) is 11.3 Å². The van der Waals surface area contributed by atoms with Crippen molar-refractivity contribution in [2.75, 3.05) is 5.32 Å². The highest BCUT2D eigenvalue weighted by Gasteiger charge is 2.11. The van der Waals surface area contributed by atoms with E-state index in [2.05, 4.69) is 27.9 Å². The van der Waals surface area contributed by atoms with E-state index in [9.17, 15) is 14.9 Å². The Balaban J connectivity index is 2.12. The molecular formula is C15H10ClIN2O3. The van der Waals surface area contributed by atoms with Crippen LogP contribution in [0.2, 0.25) is 5.02 Å². The number of benzene rings is 2. The normalized spacial score (nSPS) is 10.6. The lowest BCUT2D eigenvalue weighted by molar-refractivity contribution is -0.384. The highest BCUT2D eigenvalue weighted by molar-refractivity contribution is 14.1. The molecule has 0 spiro atoms. The molecule has 0 saturated heterocycles. The molecule has 0 atom stereocenters. The molecule has 7 heteroatoms. The number of rotatable bonds is 4. The largest absolute Gasteiger partial charge is 0.322 e. The van der Waals surface area contributed by atoms with Gasteiger partial charge in [-0.1, -0.05) is 29.8 Å². The third kappa shape index (κ3) is 4.28. The number of amides is 1. The van der Waals surface area contributed by atoms with Crippen LogP contribution in [0.1, 0.15) is 5.56 Å². The summed E-state index contributed by atoms with van der Waals surface area (Å²) < 4.78 is 0.920. The third-order valence-corrected chi connectivity index (χ3v) is 3.99. The van der Waals surface area contributed by atoms with Crippen LogP contribution in [0.25, 0.3) is 6.08 Å². The molecule has 1 amide bonds. The van der Waals surface area contributed by atoms with Crippen molar-refractivity contribution in [3.05, 3.63) is 72.8 Å². The number of hydrogen-bond donors (Lipinski definition) is 1. The average Bonchev–Trinajstić information content (AvgIpc) is 2.48. The number of nitrogens with one attached hydrogen (secondary N) is 1. The summed E-state index contributed by atoms with van der Waals surface area (Å²) in [4.78, 5) is 22.1. The quantitative estimate of drug-likeness (QED) is 0.337. The predicted molar refractivity (Wildman–Crippen MR) is 94.9 cm³/mol. The zero-order chi connectivity index (χ0) is 16.1. The first-order chi connectivity index (χ1) is 10.5. The second kappa shape index (κ2) is 7.37. The van der Waals surface area contributed by atoms with Gasteiger partial charge in [-0.15, -0.1) is 0 Å². The first-order valence-corrected chi connectivity index (χ1v) is 7.60. The first kappa shape index (κ1) is 16.4. The number of carbonyl (C=O) groups excluding carboxylic acids is 1. The Kier molecular flexibility index (Phi) is 5.51. The molecule has 0 radical (unpaired) electrons. The number of anilines is 1. The Morgan fingerprint density at radius 3 is 2.68 bits per heavy atom. The molecule has 0 unspecified atom stereocenters. The number of hydrogen-bond acceptors (Lipinski definition) is 3. The fraction of sp³-hybridized carbons (Fsp3) is 0. The SMILES string of the molecule is O=C(/C=C/c1ccc(Cl)c([N+](=O)[O-])c1)Nc1ccccc1I. The third-order valence-electron chi connectivity index (χ3n) is 2.73. The molecule has 22 heavy (non-hydrogen) atoms. The summed E-state index contributed by atoms with van der Waals surface area (Å²) in [5.41, 5.74) is 1.04. The van der Waals surface area contributed by atoms with E-state index in [1.807, 2.05) is 18.2 Å². The van der Waals surface area contributed by atoms with Gasteiger partial charge in [-0.25, -0.2) is 0 Å². The molecule has 2 rings (SSSR count). The van der Waals surface area contributed by atoms with Crippen LogP contribution in [0.15, 0.2) is 48.5 Å². The summed E-state index contributed by atoms with van der Waals surface area (Å²) in [7, 11) is 0. The Labute approximate surface area is 145 Å². The summed E-state index contributed by atoms with van der Waals surface area (Å²) >= 11 is 7.85. The number of halogens is 2. The van der Waals surface area contributed by atoms with Crippen molar-refractivity contribution >= 4 is 57.5 Å². The number of para-hydroxylation sites is 1. The van der Waals surface area contributed by atoms with E-state index in [1.165, 1.54) is 24.3 Å².